The topological polar surface area (TPSA) is 95.7 Å². The van der Waals surface area contributed by atoms with Crippen molar-refractivity contribution in [2.45, 2.75) is 0 Å². The summed E-state index contributed by atoms with van der Waals surface area (Å²) in [5.41, 5.74) is 6.34. The van der Waals surface area contributed by atoms with E-state index in [0.29, 0.717) is 11.4 Å². The molecule has 0 unspecified atom stereocenters. The molecule has 0 aromatic heterocycles. The van der Waals surface area contributed by atoms with Crippen LogP contribution in [0.3, 0.4) is 0 Å². The van der Waals surface area contributed by atoms with Crippen molar-refractivity contribution in [1.82, 2.24) is 4.72 Å². The molecule has 0 bridgehead atoms. The summed E-state index contributed by atoms with van der Waals surface area (Å²) in [5, 5.41) is 9.06. The molecule has 0 radical (unpaired) electrons. The maximum atomic E-state index is 11.4. The monoisotopic (exact) mass is 227 g/mol. The second kappa shape index (κ2) is 3.06. The van der Waals surface area contributed by atoms with E-state index in [1.54, 1.807) is 18.2 Å². The predicted molar refractivity (Wildman–Crippen MR) is 56.1 cm³/mol. The molecule has 0 amide bonds. The Labute approximate surface area is 86.8 Å². The van der Waals surface area contributed by atoms with Gasteiger partial charge in [0.05, 0.1) is 11.9 Å². The van der Waals surface area contributed by atoms with Crippen LogP contribution in [0.4, 0.5) is 11.4 Å². The van der Waals surface area contributed by atoms with Crippen molar-refractivity contribution in [3.05, 3.63) is 36.3 Å². The van der Waals surface area contributed by atoms with Crippen LogP contribution in [-0.4, -0.2) is 13.5 Å². The zero-order valence-electron chi connectivity index (χ0n) is 7.58. The highest BCUT2D eigenvalue weighted by Gasteiger charge is 2.28. The molecule has 0 saturated carbocycles. The molecule has 2 rings (SSSR count). The number of nitrogens with zero attached hydrogens (tertiary/aromatic N) is 1. The van der Waals surface area contributed by atoms with E-state index in [1.165, 1.54) is 6.07 Å². The van der Waals surface area contributed by atoms with Gasteiger partial charge in [0.1, 0.15) is 0 Å². The molecule has 1 aromatic rings. The zero-order chi connectivity index (χ0) is 11.1. The molecule has 15 heavy (non-hydrogen) atoms. The van der Waals surface area contributed by atoms with Gasteiger partial charge in [-0.2, -0.15) is 8.42 Å². The lowest BCUT2D eigenvalue weighted by Gasteiger charge is -2.13. The molecular weight excluding hydrogens is 218 g/mol. The lowest BCUT2D eigenvalue weighted by Crippen LogP contribution is -2.29. The van der Waals surface area contributed by atoms with Crippen LogP contribution in [0.2, 0.25) is 0 Å². The number of nitrogens with two attached hydrogens (primary N) is 1. The van der Waals surface area contributed by atoms with E-state index in [0.717, 1.165) is 10.5 Å². The second-order valence-corrected chi connectivity index (χ2v) is 4.56. The second-order valence-electron chi connectivity index (χ2n) is 3.01. The summed E-state index contributed by atoms with van der Waals surface area (Å²) in [7, 11) is -3.72. The summed E-state index contributed by atoms with van der Waals surface area (Å²) in [6, 6.07) is 6.34. The van der Waals surface area contributed by atoms with Crippen LogP contribution >= 0.6 is 0 Å². The van der Waals surface area contributed by atoms with Crippen molar-refractivity contribution in [2.24, 2.45) is 0 Å². The number of hydrogen-bond donors (Lipinski definition) is 3. The molecule has 0 saturated heterocycles. The van der Waals surface area contributed by atoms with E-state index in [-0.39, 0.29) is 0 Å². The third-order valence-corrected chi connectivity index (χ3v) is 3.16. The van der Waals surface area contributed by atoms with Gasteiger partial charge < -0.3 is 10.8 Å². The van der Waals surface area contributed by atoms with Gasteiger partial charge in [-0.15, -0.1) is 0 Å². The van der Waals surface area contributed by atoms with Crippen LogP contribution in [0.5, 0.6) is 0 Å². The standard InChI is InChI=1S/C8H9N3O3S/c9-6-2-1-3-7(4-6)11-5-8(12)10-15(11,13)14/h1-5,10,12H,9H2. The van der Waals surface area contributed by atoms with E-state index >= 15 is 0 Å². The van der Waals surface area contributed by atoms with Gasteiger partial charge in [-0.05, 0) is 18.2 Å². The number of nitrogen functional groups attached to an aromatic ring is 1. The highest BCUT2D eigenvalue weighted by molar-refractivity contribution is 7.91. The minimum Gasteiger partial charge on any atom is -0.493 e. The van der Waals surface area contributed by atoms with Gasteiger partial charge in [-0.3, -0.25) is 0 Å². The van der Waals surface area contributed by atoms with Crippen molar-refractivity contribution in [1.29, 1.82) is 0 Å². The molecular formula is C8H9N3O3S. The number of aliphatic hydroxyl groups excluding tert-OH is 1. The Hall–Kier alpha value is -1.89. The van der Waals surface area contributed by atoms with Crippen molar-refractivity contribution >= 4 is 21.6 Å². The SMILES string of the molecule is Nc1cccc(N2C=C(O)NS2(=O)=O)c1. The first kappa shape index (κ1) is 9.66. The van der Waals surface area contributed by atoms with Crippen molar-refractivity contribution < 1.29 is 13.5 Å². The normalized spacial score (nSPS) is 18.4. The van der Waals surface area contributed by atoms with Gasteiger partial charge in [0, 0.05) is 5.69 Å². The van der Waals surface area contributed by atoms with Gasteiger partial charge in [0.25, 0.3) is 0 Å². The fourth-order valence-corrected chi connectivity index (χ4v) is 2.31. The Morgan fingerprint density at radius 2 is 2.13 bits per heavy atom. The average Bonchev–Trinajstić information content (AvgIpc) is 2.39. The lowest BCUT2D eigenvalue weighted by molar-refractivity contribution is 0.392. The molecule has 7 heteroatoms. The first-order valence-electron chi connectivity index (χ1n) is 4.07. The minimum absolute atomic E-state index is 0.367. The highest BCUT2D eigenvalue weighted by atomic mass is 32.2. The summed E-state index contributed by atoms with van der Waals surface area (Å²) in [4.78, 5) is 0. The Morgan fingerprint density at radius 1 is 1.40 bits per heavy atom. The van der Waals surface area contributed by atoms with Crippen molar-refractivity contribution in [3.63, 3.8) is 0 Å². The Morgan fingerprint density at radius 3 is 2.67 bits per heavy atom. The Kier molecular flexibility index (Phi) is 1.97. The molecule has 6 nitrogen and oxygen atoms in total. The molecule has 0 fully saturated rings. The Balaban J connectivity index is 2.48. The lowest BCUT2D eigenvalue weighted by atomic mass is 10.3. The van der Waals surface area contributed by atoms with Gasteiger partial charge >= 0.3 is 10.2 Å². The van der Waals surface area contributed by atoms with Gasteiger partial charge in [-0.25, -0.2) is 9.03 Å². The first-order chi connectivity index (χ1) is 6.99. The smallest absolute Gasteiger partial charge is 0.330 e. The van der Waals surface area contributed by atoms with Crippen LogP contribution in [0, 0.1) is 0 Å². The largest absolute Gasteiger partial charge is 0.493 e. The quantitative estimate of drug-likeness (QED) is 0.600. The van der Waals surface area contributed by atoms with E-state index in [9.17, 15) is 8.42 Å². The Bertz CT molecular complexity index is 524. The van der Waals surface area contributed by atoms with E-state index in [4.69, 9.17) is 10.8 Å². The molecule has 0 aliphatic carbocycles. The van der Waals surface area contributed by atoms with E-state index < -0.39 is 16.1 Å². The van der Waals surface area contributed by atoms with Gasteiger partial charge in [0.15, 0.2) is 0 Å². The molecule has 4 N–H and O–H groups in total. The maximum Gasteiger partial charge on any atom is 0.330 e. The molecule has 80 valence electrons. The number of aliphatic hydroxyl groups is 1. The minimum atomic E-state index is -3.72. The predicted octanol–water partition coefficient (Wildman–Crippen LogP) is 0.280. The number of benzene rings is 1. The van der Waals surface area contributed by atoms with Crippen molar-refractivity contribution in [2.75, 3.05) is 10.0 Å². The highest BCUT2D eigenvalue weighted by Crippen LogP contribution is 2.23. The van der Waals surface area contributed by atoms with E-state index in [1.807, 2.05) is 4.72 Å². The third-order valence-electron chi connectivity index (χ3n) is 1.86. The summed E-state index contributed by atoms with van der Waals surface area (Å²) < 4.78 is 25.7. The molecule has 0 spiro atoms. The number of hydrogen-bond acceptors (Lipinski definition) is 4. The van der Waals surface area contributed by atoms with Crippen LogP contribution in [-0.2, 0) is 10.2 Å². The summed E-state index contributed by atoms with van der Waals surface area (Å²) in [6.07, 6.45) is 1.07. The van der Waals surface area contributed by atoms with Gasteiger partial charge in [-0.1, -0.05) is 6.07 Å². The molecule has 1 aliphatic rings. The van der Waals surface area contributed by atoms with Crippen LogP contribution in [0.1, 0.15) is 0 Å². The zero-order valence-corrected chi connectivity index (χ0v) is 8.40. The molecule has 0 atom stereocenters. The fourth-order valence-electron chi connectivity index (χ4n) is 1.26. The summed E-state index contributed by atoms with van der Waals surface area (Å²) >= 11 is 0. The first-order valence-corrected chi connectivity index (χ1v) is 5.51. The van der Waals surface area contributed by atoms with Crippen LogP contribution in [0.25, 0.3) is 0 Å². The average molecular weight is 227 g/mol. The summed E-state index contributed by atoms with van der Waals surface area (Å²) in [5.74, 6) is -0.419. The fraction of sp³-hybridized carbons (Fsp3) is 0. The number of rotatable bonds is 1. The van der Waals surface area contributed by atoms with E-state index in [2.05, 4.69) is 0 Å². The third kappa shape index (κ3) is 1.68. The van der Waals surface area contributed by atoms with Crippen LogP contribution in [0.15, 0.2) is 36.3 Å². The number of anilines is 2. The van der Waals surface area contributed by atoms with Crippen molar-refractivity contribution in [3.8, 4) is 0 Å². The molecule has 1 aromatic carbocycles. The molecule has 1 heterocycles. The maximum absolute atomic E-state index is 11.4. The summed E-state index contributed by atoms with van der Waals surface area (Å²) in [6.45, 7) is 0. The molecule has 1 aliphatic heterocycles. The van der Waals surface area contributed by atoms with Crippen LogP contribution < -0.4 is 14.8 Å². The number of nitrogens with one attached hydrogen (secondary N) is 1. The van der Waals surface area contributed by atoms with Gasteiger partial charge in [0.2, 0.25) is 5.88 Å².